The number of nitriles is 1. The lowest BCUT2D eigenvalue weighted by Crippen LogP contribution is -2.52. The Balaban J connectivity index is 1.57. The summed E-state index contributed by atoms with van der Waals surface area (Å²) in [5, 5.41) is 14.8. The molecule has 0 radical (unpaired) electrons. The molecular formula is C25H27ClN4O4. The third-order valence-electron chi connectivity index (χ3n) is 5.42. The van der Waals surface area contributed by atoms with Crippen molar-refractivity contribution in [3.63, 3.8) is 0 Å². The Morgan fingerprint density at radius 1 is 1.12 bits per heavy atom. The highest BCUT2D eigenvalue weighted by Gasteiger charge is 2.40. The Bertz CT molecular complexity index is 1170. The van der Waals surface area contributed by atoms with E-state index in [1.54, 1.807) is 43.0 Å². The van der Waals surface area contributed by atoms with Gasteiger partial charge in [-0.2, -0.15) is 5.26 Å². The highest BCUT2D eigenvalue weighted by molar-refractivity contribution is 6.32. The van der Waals surface area contributed by atoms with Gasteiger partial charge < -0.3 is 20.3 Å². The molecule has 0 bridgehead atoms. The lowest BCUT2D eigenvalue weighted by molar-refractivity contribution is -0.132. The maximum atomic E-state index is 12.6. The third-order valence-corrected chi connectivity index (χ3v) is 5.73. The summed E-state index contributed by atoms with van der Waals surface area (Å²) in [6.07, 6.45) is 0.282. The maximum absolute atomic E-state index is 12.6. The molecule has 1 atom stereocenters. The minimum Gasteiger partial charge on any atom is -0.476 e. The van der Waals surface area contributed by atoms with Gasteiger partial charge in [0.05, 0.1) is 16.3 Å². The van der Waals surface area contributed by atoms with Crippen molar-refractivity contribution in [1.82, 2.24) is 0 Å². The molecule has 2 aromatic rings. The summed E-state index contributed by atoms with van der Waals surface area (Å²) in [5.74, 6) is -0.294. The lowest BCUT2D eigenvalue weighted by atomic mass is 10.0. The summed E-state index contributed by atoms with van der Waals surface area (Å²) in [7, 11) is 0. The molecule has 0 fully saturated rings. The number of carbonyl (C=O) groups is 3. The largest absolute Gasteiger partial charge is 0.476 e. The molecule has 8 nitrogen and oxygen atoms in total. The SMILES string of the molecule is CCN1C(=O)C(C)(C)Oc2cc(NC(=O)CC(C)CC(=O)Nc3ccc(C#N)c(Cl)c3)ccc21. The Morgan fingerprint density at radius 3 is 2.26 bits per heavy atom. The predicted molar refractivity (Wildman–Crippen MR) is 131 cm³/mol. The van der Waals surface area contributed by atoms with Gasteiger partial charge in [-0.3, -0.25) is 14.4 Å². The third kappa shape index (κ3) is 5.67. The van der Waals surface area contributed by atoms with E-state index in [1.165, 1.54) is 12.1 Å². The molecule has 0 saturated heterocycles. The van der Waals surface area contributed by atoms with Crippen LogP contribution in [0.1, 0.15) is 46.1 Å². The molecule has 1 aliphatic rings. The quantitative estimate of drug-likeness (QED) is 0.592. The number of rotatable bonds is 7. The van der Waals surface area contributed by atoms with Crippen LogP contribution in [0.4, 0.5) is 17.1 Å². The molecule has 2 aromatic carbocycles. The molecule has 9 heteroatoms. The number of benzene rings is 2. The van der Waals surface area contributed by atoms with Gasteiger partial charge in [0.15, 0.2) is 5.60 Å². The smallest absolute Gasteiger partial charge is 0.270 e. The zero-order chi connectivity index (χ0) is 25.0. The van der Waals surface area contributed by atoms with Gasteiger partial charge in [0, 0.05) is 36.8 Å². The second kappa shape index (κ2) is 10.1. The van der Waals surface area contributed by atoms with Crippen molar-refractivity contribution in [2.45, 2.75) is 46.1 Å². The molecule has 178 valence electrons. The highest BCUT2D eigenvalue weighted by atomic mass is 35.5. The number of fused-ring (bicyclic) bond motifs is 1. The van der Waals surface area contributed by atoms with E-state index >= 15 is 0 Å². The second-order valence-electron chi connectivity index (χ2n) is 8.76. The molecule has 0 aliphatic carbocycles. The zero-order valence-electron chi connectivity index (χ0n) is 19.6. The second-order valence-corrected chi connectivity index (χ2v) is 9.17. The van der Waals surface area contributed by atoms with E-state index in [2.05, 4.69) is 10.6 Å². The monoisotopic (exact) mass is 482 g/mol. The number of anilines is 3. The van der Waals surface area contributed by atoms with Gasteiger partial charge >= 0.3 is 0 Å². The van der Waals surface area contributed by atoms with E-state index in [1.807, 2.05) is 19.9 Å². The molecule has 3 amide bonds. The van der Waals surface area contributed by atoms with Crippen LogP contribution in [0.5, 0.6) is 5.75 Å². The predicted octanol–water partition coefficient (Wildman–Crippen LogP) is 4.73. The van der Waals surface area contributed by atoms with E-state index in [0.29, 0.717) is 34.9 Å². The van der Waals surface area contributed by atoms with Gasteiger partial charge in [0.25, 0.3) is 5.91 Å². The number of nitrogens with one attached hydrogen (secondary N) is 2. The Morgan fingerprint density at radius 2 is 1.71 bits per heavy atom. The zero-order valence-corrected chi connectivity index (χ0v) is 20.3. The number of nitrogens with zero attached hydrogens (tertiary/aromatic N) is 2. The van der Waals surface area contributed by atoms with Crippen LogP contribution in [0.25, 0.3) is 0 Å². The summed E-state index contributed by atoms with van der Waals surface area (Å²) >= 11 is 5.99. The van der Waals surface area contributed by atoms with E-state index in [4.69, 9.17) is 21.6 Å². The van der Waals surface area contributed by atoms with Crippen molar-refractivity contribution >= 4 is 46.4 Å². The summed E-state index contributed by atoms with van der Waals surface area (Å²) in [6.45, 7) is 7.65. The average molecular weight is 483 g/mol. The van der Waals surface area contributed by atoms with Crippen LogP contribution in [0.3, 0.4) is 0 Å². The fourth-order valence-corrected chi connectivity index (χ4v) is 4.00. The Labute approximate surface area is 203 Å². The number of amides is 3. The molecule has 0 spiro atoms. The molecule has 0 aromatic heterocycles. The van der Waals surface area contributed by atoms with Crippen molar-refractivity contribution in [3.05, 3.63) is 47.0 Å². The van der Waals surface area contributed by atoms with Crippen LogP contribution < -0.4 is 20.3 Å². The average Bonchev–Trinajstić information content (AvgIpc) is 2.74. The number of carbonyl (C=O) groups excluding carboxylic acids is 3. The normalized spacial score (nSPS) is 14.9. The topological polar surface area (TPSA) is 112 Å². The summed E-state index contributed by atoms with van der Waals surface area (Å²) < 4.78 is 5.88. The first kappa shape index (κ1) is 25.1. The maximum Gasteiger partial charge on any atom is 0.270 e. The highest BCUT2D eigenvalue weighted by Crippen LogP contribution is 2.39. The van der Waals surface area contributed by atoms with E-state index in [9.17, 15) is 14.4 Å². The minimum atomic E-state index is -0.993. The Hall–Kier alpha value is -3.57. The van der Waals surface area contributed by atoms with Crippen LogP contribution in [0.15, 0.2) is 36.4 Å². The van der Waals surface area contributed by atoms with Gasteiger partial charge in [-0.1, -0.05) is 18.5 Å². The molecule has 1 heterocycles. The van der Waals surface area contributed by atoms with Crippen LogP contribution >= 0.6 is 11.6 Å². The Kier molecular flexibility index (Phi) is 7.48. The number of hydrogen-bond donors (Lipinski definition) is 2. The van der Waals surface area contributed by atoms with Crippen molar-refractivity contribution < 1.29 is 19.1 Å². The van der Waals surface area contributed by atoms with Gasteiger partial charge in [0.2, 0.25) is 11.8 Å². The molecule has 2 N–H and O–H groups in total. The van der Waals surface area contributed by atoms with Gasteiger partial charge in [-0.25, -0.2) is 0 Å². The van der Waals surface area contributed by atoms with Crippen LogP contribution in [-0.2, 0) is 14.4 Å². The molecular weight excluding hydrogens is 456 g/mol. The van der Waals surface area contributed by atoms with Crippen molar-refractivity contribution in [2.75, 3.05) is 22.1 Å². The van der Waals surface area contributed by atoms with Gasteiger partial charge in [-0.05, 0) is 57.0 Å². The lowest BCUT2D eigenvalue weighted by Gasteiger charge is -2.38. The summed E-state index contributed by atoms with van der Waals surface area (Å²) in [4.78, 5) is 39.1. The van der Waals surface area contributed by atoms with Crippen LogP contribution in [0.2, 0.25) is 5.02 Å². The van der Waals surface area contributed by atoms with Gasteiger partial charge in [0.1, 0.15) is 11.8 Å². The first-order chi connectivity index (χ1) is 16.0. The fourth-order valence-electron chi connectivity index (χ4n) is 3.78. The van der Waals surface area contributed by atoms with E-state index in [-0.39, 0.29) is 41.5 Å². The first-order valence-corrected chi connectivity index (χ1v) is 11.4. The van der Waals surface area contributed by atoms with Crippen LogP contribution in [0, 0.1) is 17.2 Å². The number of hydrogen-bond acceptors (Lipinski definition) is 5. The molecule has 3 rings (SSSR count). The fraction of sp³-hybridized carbons (Fsp3) is 0.360. The van der Waals surface area contributed by atoms with E-state index < -0.39 is 5.60 Å². The molecule has 0 saturated carbocycles. The standard InChI is InChI=1S/C25H27ClN4O4/c1-5-30-20-9-8-18(13-21(20)34-25(3,4)24(30)33)29-23(32)11-15(2)10-22(31)28-17-7-6-16(14-27)19(26)12-17/h6-9,12-13,15H,5,10-11H2,1-4H3,(H,28,31)(H,29,32). The van der Waals surface area contributed by atoms with Crippen molar-refractivity contribution in [3.8, 4) is 11.8 Å². The van der Waals surface area contributed by atoms with Crippen LogP contribution in [-0.4, -0.2) is 29.9 Å². The first-order valence-electron chi connectivity index (χ1n) is 11.0. The minimum absolute atomic E-state index is 0.116. The molecule has 34 heavy (non-hydrogen) atoms. The van der Waals surface area contributed by atoms with Crippen molar-refractivity contribution in [2.24, 2.45) is 5.92 Å². The van der Waals surface area contributed by atoms with E-state index in [0.717, 1.165) is 0 Å². The summed E-state index contributed by atoms with van der Waals surface area (Å²) in [6, 6.07) is 11.8. The number of ether oxygens (including phenoxy) is 1. The number of halogens is 1. The summed E-state index contributed by atoms with van der Waals surface area (Å²) in [5.41, 5.74) is 1.04. The molecule has 1 aliphatic heterocycles. The van der Waals surface area contributed by atoms with Gasteiger partial charge in [-0.15, -0.1) is 0 Å². The van der Waals surface area contributed by atoms with Crippen molar-refractivity contribution in [1.29, 1.82) is 5.26 Å². The number of likely N-dealkylation sites (N-methyl/N-ethyl adjacent to an activating group) is 1. The molecule has 1 unspecified atom stereocenters.